The Morgan fingerprint density at radius 2 is 2.04 bits per heavy atom. The maximum Gasteiger partial charge on any atom is 0.227 e. The average Bonchev–Trinajstić information content (AvgIpc) is 3.15. The van der Waals surface area contributed by atoms with Crippen LogP contribution in [0.4, 0.5) is 16.0 Å². The van der Waals surface area contributed by atoms with Crippen LogP contribution in [0.1, 0.15) is 39.3 Å². The second-order valence-corrected chi connectivity index (χ2v) is 7.26. The highest BCUT2D eigenvalue weighted by Crippen LogP contribution is 2.30. The second kappa shape index (κ2) is 6.48. The molecule has 2 N–H and O–H groups in total. The third-order valence-corrected chi connectivity index (χ3v) is 4.29. The lowest BCUT2D eigenvalue weighted by Gasteiger charge is -2.29. The Morgan fingerprint density at radius 1 is 1.36 bits per heavy atom. The number of aliphatic hydroxyl groups excluding tert-OH is 1. The number of amides is 1. The Hall–Kier alpha value is -2.41. The summed E-state index contributed by atoms with van der Waals surface area (Å²) < 4.78 is 18.4. The van der Waals surface area contributed by atoms with E-state index in [0.29, 0.717) is 24.4 Å². The molecule has 0 spiro atoms. The minimum Gasteiger partial charge on any atom is -0.371 e. The highest BCUT2D eigenvalue weighted by Gasteiger charge is 2.37. The molecule has 1 aromatic heterocycles. The summed E-state index contributed by atoms with van der Waals surface area (Å²) in [6, 6.07) is 6.92. The van der Waals surface area contributed by atoms with Crippen molar-refractivity contribution in [2.24, 2.45) is 0 Å². The number of rotatable bonds is 4. The summed E-state index contributed by atoms with van der Waals surface area (Å²) in [4.78, 5) is 13.7. The first-order valence-electron chi connectivity index (χ1n) is 8.25. The second-order valence-electron chi connectivity index (χ2n) is 7.26. The summed E-state index contributed by atoms with van der Waals surface area (Å²) in [5, 5.41) is 17.4. The SMILES string of the molecule is CC(C)(C)c1cc(NC(O)C2CCC(=O)N2c2ccc(F)cc2)on1. The predicted molar refractivity (Wildman–Crippen MR) is 91.7 cm³/mol. The van der Waals surface area contributed by atoms with Crippen LogP contribution in [0.15, 0.2) is 34.9 Å². The van der Waals surface area contributed by atoms with Crippen LogP contribution in [-0.2, 0) is 10.2 Å². The van der Waals surface area contributed by atoms with Gasteiger partial charge < -0.3 is 19.8 Å². The molecule has 7 heteroatoms. The smallest absolute Gasteiger partial charge is 0.227 e. The van der Waals surface area contributed by atoms with Gasteiger partial charge in [-0.25, -0.2) is 4.39 Å². The first kappa shape index (κ1) is 17.4. The highest BCUT2D eigenvalue weighted by molar-refractivity contribution is 5.96. The maximum atomic E-state index is 13.1. The predicted octanol–water partition coefficient (Wildman–Crippen LogP) is 3.04. The molecule has 1 aliphatic rings. The molecule has 1 saturated heterocycles. The van der Waals surface area contributed by atoms with E-state index in [1.165, 1.54) is 29.2 Å². The lowest BCUT2D eigenvalue weighted by atomic mass is 9.92. The van der Waals surface area contributed by atoms with Crippen LogP contribution in [0.2, 0.25) is 0 Å². The third-order valence-electron chi connectivity index (χ3n) is 4.29. The van der Waals surface area contributed by atoms with Crippen molar-refractivity contribution in [2.75, 3.05) is 10.2 Å². The lowest BCUT2D eigenvalue weighted by Crippen LogP contribution is -2.44. The van der Waals surface area contributed by atoms with Crippen LogP contribution < -0.4 is 10.2 Å². The molecule has 6 nitrogen and oxygen atoms in total. The Kier molecular flexibility index (Phi) is 4.51. The van der Waals surface area contributed by atoms with Crippen molar-refractivity contribution in [3.8, 4) is 0 Å². The van der Waals surface area contributed by atoms with Crippen LogP contribution >= 0.6 is 0 Å². The Labute approximate surface area is 145 Å². The quantitative estimate of drug-likeness (QED) is 0.831. The molecule has 0 bridgehead atoms. The van der Waals surface area contributed by atoms with Crippen molar-refractivity contribution in [3.63, 3.8) is 0 Å². The fraction of sp³-hybridized carbons (Fsp3) is 0.444. The minimum absolute atomic E-state index is 0.106. The molecule has 2 atom stereocenters. The van der Waals surface area contributed by atoms with Crippen molar-refractivity contribution in [1.29, 1.82) is 0 Å². The fourth-order valence-corrected chi connectivity index (χ4v) is 2.88. The van der Waals surface area contributed by atoms with E-state index in [9.17, 15) is 14.3 Å². The van der Waals surface area contributed by atoms with Crippen LogP contribution in [-0.4, -0.2) is 28.4 Å². The van der Waals surface area contributed by atoms with Crippen LogP contribution in [0, 0.1) is 5.82 Å². The van der Waals surface area contributed by atoms with E-state index in [4.69, 9.17) is 4.52 Å². The summed E-state index contributed by atoms with van der Waals surface area (Å²) in [7, 11) is 0. The Morgan fingerprint density at radius 3 is 2.64 bits per heavy atom. The van der Waals surface area contributed by atoms with Gasteiger partial charge >= 0.3 is 0 Å². The Bertz CT molecular complexity index is 752. The van der Waals surface area contributed by atoms with Crippen molar-refractivity contribution in [1.82, 2.24) is 5.16 Å². The topological polar surface area (TPSA) is 78.6 Å². The molecule has 2 aromatic rings. The molecule has 1 amide bonds. The molecule has 134 valence electrons. The standard InChI is InChI=1S/C18H22FN3O3/c1-18(2,3)14-10-15(25-21-14)20-17(24)13-8-9-16(23)22(13)12-6-4-11(19)5-7-12/h4-7,10,13,17,20,24H,8-9H2,1-3H3. The van der Waals surface area contributed by atoms with Gasteiger partial charge in [-0.1, -0.05) is 25.9 Å². The highest BCUT2D eigenvalue weighted by atomic mass is 19.1. The molecule has 0 saturated carbocycles. The van der Waals surface area contributed by atoms with Gasteiger partial charge in [-0.3, -0.25) is 4.79 Å². The third kappa shape index (κ3) is 3.66. The van der Waals surface area contributed by atoms with Crippen molar-refractivity contribution in [3.05, 3.63) is 41.8 Å². The molecule has 0 radical (unpaired) electrons. The number of nitrogens with one attached hydrogen (secondary N) is 1. The van der Waals surface area contributed by atoms with E-state index in [1.54, 1.807) is 6.07 Å². The first-order chi connectivity index (χ1) is 11.8. The zero-order chi connectivity index (χ0) is 18.2. The summed E-state index contributed by atoms with van der Waals surface area (Å²) in [6.45, 7) is 6.03. The molecule has 1 aromatic carbocycles. The van der Waals surface area contributed by atoms with Gasteiger partial charge in [0.15, 0.2) is 0 Å². The number of aliphatic hydroxyl groups is 1. The number of carbonyl (C=O) groups excluding carboxylic acids is 1. The molecular formula is C18H22FN3O3. The molecule has 0 aliphatic carbocycles. The molecule has 2 unspecified atom stereocenters. The minimum atomic E-state index is -1.03. The van der Waals surface area contributed by atoms with Crippen molar-refractivity contribution in [2.45, 2.75) is 51.3 Å². The number of hydrogen-bond acceptors (Lipinski definition) is 5. The molecule has 1 aliphatic heterocycles. The maximum absolute atomic E-state index is 13.1. The van der Waals surface area contributed by atoms with E-state index >= 15 is 0 Å². The van der Waals surface area contributed by atoms with E-state index in [2.05, 4.69) is 10.5 Å². The van der Waals surface area contributed by atoms with E-state index < -0.39 is 12.3 Å². The van der Waals surface area contributed by atoms with Gasteiger partial charge in [-0.15, -0.1) is 0 Å². The van der Waals surface area contributed by atoms with Crippen LogP contribution in [0.5, 0.6) is 0 Å². The van der Waals surface area contributed by atoms with Gasteiger partial charge in [0.05, 0.1) is 11.7 Å². The summed E-state index contributed by atoms with van der Waals surface area (Å²) in [5.74, 6) is -0.136. The van der Waals surface area contributed by atoms with E-state index in [1.807, 2.05) is 20.8 Å². The molecule has 1 fully saturated rings. The molecule has 25 heavy (non-hydrogen) atoms. The number of halogens is 1. The monoisotopic (exact) mass is 347 g/mol. The van der Waals surface area contributed by atoms with Gasteiger partial charge in [0, 0.05) is 23.6 Å². The van der Waals surface area contributed by atoms with Gasteiger partial charge in [-0.05, 0) is 30.7 Å². The largest absolute Gasteiger partial charge is 0.371 e. The number of nitrogens with zero attached hydrogens (tertiary/aromatic N) is 2. The lowest BCUT2D eigenvalue weighted by molar-refractivity contribution is -0.117. The summed E-state index contributed by atoms with van der Waals surface area (Å²) in [5.41, 5.74) is 1.15. The number of carbonyl (C=O) groups is 1. The molecular weight excluding hydrogens is 325 g/mol. The number of hydrogen-bond donors (Lipinski definition) is 2. The Balaban J connectivity index is 1.76. The van der Waals surface area contributed by atoms with Gasteiger partial charge in [-0.2, -0.15) is 0 Å². The first-order valence-corrected chi connectivity index (χ1v) is 8.25. The number of anilines is 2. The summed E-state index contributed by atoms with van der Waals surface area (Å²) >= 11 is 0. The van der Waals surface area contributed by atoms with Gasteiger partial charge in [0.1, 0.15) is 12.0 Å². The average molecular weight is 347 g/mol. The fourth-order valence-electron chi connectivity index (χ4n) is 2.88. The van der Waals surface area contributed by atoms with Gasteiger partial charge in [0.2, 0.25) is 11.8 Å². The van der Waals surface area contributed by atoms with Crippen molar-refractivity contribution < 1.29 is 18.8 Å². The van der Waals surface area contributed by atoms with Crippen molar-refractivity contribution >= 4 is 17.5 Å². The van der Waals surface area contributed by atoms with E-state index in [-0.39, 0.29) is 17.1 Å². The zero-order valence-corrected chi connectivity index (χ0v) is 14.5. The normalized spacial score (nSPS) is 19.3. The van der Waals surface area contributed by atoms with E-state index in [0.717, 1.165) is 5.69 Å². The summed E-state index contributed by atoms with van der Waals surface area (Å²) in [6.07, 6.45) is -0.216. The van der Waals surface area contributed by atoms with Crippen LogP contribution in [0.25, 0.3) is 0 Å². The van der Waals surface area contributed by atoms with Crippen LogP contribution in [0.3, 0.4) is 0 Å². The number of aromatic nitrogens is 1. The molecule has 2 heterocycles. The number of benzene rings is 1. The molecule has 3 rings (SSSR count). The zero-order valence-electron chi connectivity index (χ0n) is 14.5. The van der Waals surface area contributed by atoms with Gasteiger partial charge in [0.25, 0.3) is 0 Å².